The first-order valence-corrected chi connectivity index (χ1v) is 3.09. The van der Waals surface area contributed by atoms with Crippen LogP contribution in [-0.2, 0) is 0 Å². The summed E-state index contributed by atoms with van der Waals surface area (Å²) in [5, 5.41) is 0. The van der Waals surface area contributed by atoms with Crippen LogP contribution in [0.3, 0.4) is 0 Å². The number of hydrogen-bond donors (Lipinski definition) is 0. The van der Waals surface area contributed by atoms with Gasteiger partial charge >= 0.3 is 6.98 Å². The van der Waals surface area contributed by atoms with Gasteiger partial charge in [-0.05, 0) is 5.46 Å². The summed E-state index contributed by atoms with van der Waals surface area (Å²) in [7, 11) is 1.13. The molecule has 0 aliphatic rings. The van der Waals surface area contributed by atoms with Crippen molar-refractivity contribution >= 4 is 12.4 Å². The van der Waals surface area contributed by atoms with Gasteiger partial charge in [0.05, 0.1) is 7.11 Å². The van der Waals surface area contributed by atoms with Crippen LogP contribution in [0.1, 0.15) is 0 Å². The van der Waals surface area contributed by atoms with E-state index >= 15 is 0 Å². The lowest BCUT2D eigenvalue weighted by molar-refractivity contribution is 0.395. The molecule has 0 radical (unpaired) electrons. The minimum absolute atomic E-state index is 0.433. The predicted molar refractivity (Wildman–Crippen MR) is 37.3 cm³/mol. The van der Waals surface area contributed by atoms with Crippen LogP contribution in [0.4, 0.5) is 12.9 Å². The molecule has 1 aromatic heterocycles. The molecule has 0 spiro atoms. The Morgan fingerprint density at radius 3 is 2.50 bits per heavy atom. The van der Waals surface area contributed by atoms with E-state index in [4.69, 9.17) is 0 Å². The molecule has 0 N–H and O–H groups in total. The molecule has 3 nitrogen and oxygen atoms in total. The molecule has 7 heteroatoms. The topological polar surface area (TPSA) is 35.0 Å². The first kappa shape index (κ1) is 8.83. The second-order valence-corrected chi connectivity index (χ2v) is 2.06. The number of hydrogen-bond acceptors (Lipinski definition) is 3. The molecular formula is C5H5BF3N2O-. The van der Waals surface area contributed by atoms with Crippen LogP contribution in [0.15, 0.2) is 12.5 Å². The van der Waals surface area contributed by atoms with Gasteiger partial charge in [-0.1, -0.05) is 0 Å². The van der Waals surface area contributed by atoms with Crippen molar-refractivity contribution in [1.82, 2.24) is 9.97 Å². The molecule has 1 aromatic rings. The van der Waals surface area contributed by atoms with Gasteiger partial charge in [0.2, 0.25) is 0 Å². The average molecular weight is 177 g/mol. The predicted octanol–water partition coefficient (Wildman–Crippen LogP) is 0.540. The van der Waals surface area contributed by atoms with Gasteiger partial charge in [-0.25, -0.2) is 9.97 Å². The van der Waals surface area contributed by atoms with Gasteiger partial charge in [-0.3, -0.25) is 0 Å². The molecule has 1 heterocycles. The third kappa shape index (κ3) is 1.66. The largest absolute Gasteiger partial charge is 0.516 e. The number of rotatable bonds is 2. The Morgan fingerprint density at radius 1 is 1.42 bits per heavy atom. The van der Waals surface area contributed by atoms with Crippen LogP contribution in [0.5, 0.6) is 5.88 Å². The number of nitrogens with zero attached hydrogens (tertiary/aromatic N) is 2. The molecular weight excluding hydrogens is 172 g/mol. The maximum Gasteiger partial charge on any atom is 0.516 e. The molecule has 1 rings (SSSR count). The van der Waals surface area contributed by atoms with Crippen molar-refractivity contribution in [3.05, 3.63) is 12.5 Å². The van der Waals surface area contributed by atoms with E-state index in [-0.39, 0.29) is 0 Å². The van der Waals surface area contributed by atoms with Crippen molar-refractivity contribution in [2.75, 3.05) is 7.11 Å². The Hall–Kier alpha value is -1.27. The van der Waals surface area contributed by atoms with Crippen LogP contribution >= 0.6 is 0 Å². The van der Waals surface area contributed by atoms with Gasteiger partial charge in [0.25, 0.3) is 0 Å². The van der Waals surface area contributed by atoms with Crippen molar-refractivity contribution in [2.45, 2.75) is 0 Å². The van der Waals surface area contributed by atoms with E-state index in [1.165, 1.54) is 0 Å². The minimum atomic E-state index is -5.09. The summed E-state index contributed by atoms with van der Waals surface area (Å²) in [6.45, 7) is -5.09. The third-order valence-corrected chi connectivity index (χ3v) is 1.25. The number of aromatic nitrogens is 2. The van der Waals surface area contributed by atoms with Gasteiger partial charge in [0.15, 0.2) is 5.88 Å². The Morgan fingerprint density at radius 2 is 2.08 bits per heavy atom. The smallest absolute Gasteiger partial charge is 0.483 e. The highest BCUT2D eigenvalue weighted by molar-refractivity contribution is 6.74. The zero-order valence-corrected chi connectivity index (χ0v) is 6.17. The maximum atomic E-state index is 12.1. The van der Waals surface area contributed by atoms with Crippen LogP contribution < -0.4 is 10.2 Å². The van der Waals surface area contributed by atoms with Crippen LogP contribution in [0.25, 0.3) is 0 Å². The molecule has 0 saturated carbocycles. The number of halogens is 3. The van der Waals surface area contributed by atoms with E-state index in [0.29, 0.717) is 6.20 Å². The van der Waals surface area contributed by atoms with E-state index in [0.717, 1.165) is 13.4 Å². The van der Waals surface area contributed by atoms with Crippen LogP contribution in [0.2, 0.25) is 0 Å². The molecule has 0 atom stereocenters. The molecule has 0 bridgehead atoms. The van der Waals surface area contributed by atoms with E-state index in [9.17, 15) is 12.9 Å². The lowest BCUT2D eigenvalue weighted by atomic mass is 9.82. The normalized spacial score (nSPS) is 11.3. The SMILES string of the molecule is COc1ncncc1[B-](F)(F)F. The van der Waals surface area contributed by atoms with Crippen molar-refractivity contribution in [3.63, 3.8) is 0 Å². The first-order chi connectivity index (χ1) is 5.55. The summed E-state index contributed by atoms with van der Waals surface area (Å²) in [5.74, 6) is -0.433. The van der Waals surface area contributed by atoms with E-state index < -0.39 is 18.3 Å². The van der Waals surface area contributed by atoms with E-state index in [2.05, 4.69) is 14.7 Å². The molecule has 0 unspecified atom stereocenters. The van der Waals surface area contributed by atoms with Gasteiger partial charge in [0.1, 0.15) is 6.33 Å². The van der Waals surface area contributed by atoms with E-state index in [1.54, 1.807) is 0 Å². The summed E-state index contributed by atoms with van der Waals surface area (Å²) in [6, 6.07) is 0. The highest BCUT2D eigenvalue weighted by Crippen LogP contribution is 2.13. The molecule has 0 aliphatic heterocycles. The standard InChI is InChI=1S/C5H5BF3N2O/c1-12-5-4(6(7,8)9)2-10-3-11-5/h2-3H,1H3/q-1. The molecule has 66 valence electrons. The number of ether oxygens (including phenoxy) is 1. The van der Waals surface area contributed by atoms with Gasteiger partial charge in [-0.15, -0.1) is 0 Å². The van der Waals surface area contributed by atoms with Gasteiger partial charge in [0, 0.05) is 6.20 Å². The molecule has 0 fully saturated rings. The fourth-order valence-corrected chi connectivity index (χ4v) is 0.724. The van der Waals surface area contributed by atoms with Crippen molar-refractivity contribution < 1.29 is 17.7 Å². The summed E-state index contributed by atoms with van der Waals surface area (Å²) >= 11 is 0. The van der Waals surface area contributed by atoms with E-state index in [1.807, 2.05) is 0 Å². The Labute approximate surface area is 66.7 Å². The second-order valence-electron chi connectivity index (χ2n) is 2.06. The number of methoxy groups -OCH3 is 1. The Bertz CT molecular complexity index is 278. The zero-order chi connectivity index (χ0) is 9.19. The van der Waals surface area contributed by atoms with Crippen molar-refractivity contribution in [3.8, 4) is 5.88 Å². The third-order valence-electron chi connectivity index (χ3n) is 1.25. The molecule has 0 saturated heterocycles. The maximum absolute atomic E-state index is 12.1. The average Bonchev–Trinajstić information content (AvgIpc) is 2.03. The first-order valence-electron chi connectivity index (χ1n) is 3.09. The lowest BCUT2D eigenvalue weighted by Crippen LogP contribution is -2.36. The second kappa shape index (κ2) is 3.00. The lowest BCUT2D eigenvalue weighted by Gasteiger charge is -2.15. The molecule has 0 aliphatic carbocycles. The summed E-state index contributed by atoms with van der Waals surface area (Å²) in [4.78, 5) is 6.59. The van der Waals surface area contributed by atoms with Crippen molar-refractivity contribution in [1.29, 1.82) is 0 Å². The van der Waals surface area contributed by atoms with Crippen LogP contribution in [-0.4, -0.2) is 24.1 Å². The zero-order valence-electron chi connectivity index (χ0n) is 6.17. The summed E-state index contributed by atoms with van der Waals surface area (Å²) in [5.41, 5.74) is -0.903. The fourth-order valence-electron chi connectivity index (χ4n) is 0.724. The highest BCUT2D eigenvalue weighted by atomic mass is 19.4. The monoisotopic (exact) mass is 177 g/mol. The summed E-state index contributed by atoms with van der Waals surface area (Å²) in [6.07, 6.45) is 1.70. The molecule has 12 heavy (non-hydrogen) atoms. The van der Waals surface area contributed by atoms with Gasteiger partial charge < -0.3 is 17.7 Å². The van der Waals surface area contributed by atoms with Crippen molar-refractivity contribution in [2.24, 2.45) is 0 Å². The van der Waals surface area contributed by atoms with Crippen LogP contribution in [0, 0.1) is 0 Å². The summed E-state index contributed by atoms with van der Waals surface area (Å²) < 4.78 is 40.8. The Balaban J connectivity index is 3.14. The molecule has 0 aromatic carbocycles. The highest BCUT2D eigenvalue weighted by Gasteiger charge is 2.30. The minimum Gasteiger partial charge on any atom is -0.483 e. The molecule has 0 amide bonds. The quantitative estimate of drug-likeness (QED) is 0.618. The van der Waals surface area contributed by atoms with Gasteiger partial charge in [-0.2, -0.15) is 0 Å². The fraction of sp³-hybridized carbons (Fsp3) is 0.200. The Kier molecular flexibility index (Phi) is 2.21.